The van der Waals surface area contributed by atoms with Gasteiger partial charge >= 0.3 is 0 Å². The Morgan fingerprint density at radius 3 is 2.71 bits per heavy atom. The molecule has 0 bridgehead atoms. The van der Waals surface area contributed by atoms with Crippen LogP contribution in [-0.4, -0.2) is 11.9 Å². The molecule has 1 aromatic carbocycles. The fraction of sp³-hybridized carbons (Fsp3) is 0.611. The third kappa shape index (κ3) is 4.48. The third-order valence-corrected chi connectivity index (χ3v) is 4.70. The highest BCUT2D eigenvalue weighted by atomic mass is 16.1. The predicted molar refractivity (Wildman–Crippen MR) is 87.9 cm³/mol. The van der Waals surface area contributed by atoms with Gasteiger partial charge in [0.1, 0.15) is 0 Å². The number of rotatable bonds is 5. The number of carbonyl (C=O) groups excluding carboxylic acids is 1. The van der Waals surface area contributed by atoms with Crippen molar-refractivity contribution in [1.82, 2.24) is 5.32 Å². The van der Waals surface area contributed by atoms with Gasteiger partial charge in [0.15, 0.2) is 0 Å². The maximum atomic E-state index is 12.2. The normalized spacial score (nSPS) is 22.2. The maximum Gasteiger partial charge on any atom is 0.220 e. The van der Waals surface area contributed by atoms with Crippen LogP contribution in [0, 0.1) is 11.8 Å². The summed E-state index contributed by atoms with van der Waals surface area (Å²) in [5, 5.41) is 3.26. The molecule has 2 rings (SSSR count). The molecule has 0 heterocycles. The summed E-state index contributed by atoms with van der Waals surface area (Å²) in [4.78, 5) is 12.2. The second-order valence-electron chi connectivity index (χ2n) is 6.57. The number of para-hydroxylation sites is 1. The van der Waals surface area contributed by atoms with Crippen molar-refractivity contribution >= 4 is 11.6 Å². The molecule has 2 atom stereocenters. The van der Waals surface area contributed by atoms with Gasteiger partial charge in [0.05, 0.1) is 0 Å². The lowest BCUT2D eigenvalue weighted by molar-refractivity contribution is -0.122. The molecule has 0 radical (unpaired) electrons. The van der Waals surface area contributed by atoms with Crippen molar-refractivity contribution in [3.8, 4) is 0 Å². The van der Waals surface area contributed by atoms with Crippen LogP contribution in [0.3, 0.4) is 0 Å². The quantitative estimate of drug-likeness (QED) is 0.814. The Kier molecular flexibility index (Phi) is 5.66. The number of benzene rings is 1. The van der Waals surface area contributed by atoms with Crippen LogP contribution >= 0.6 is 0 Å². The molecule has 2 unspecified atom stereocenters. The van der Waals surface area contributed by atoms with Crippen molar-refractivity contribution in [1.29, 1.82) is 0 Å². The molecular weight excluding hydrogens is 260 g/mol. The molecule has 0 spiro atoms. The summed E-state index contributed by atoms with van der Waals surface area (Å²) in [6, 6.07) is 8.15. The van der Waals surface area contributed by atoms with Gasteiger partial charge in [0.2, 0.25) is 5.91 Å². The molecule has 1 aliphatic carbocycles. The van der Waals surface area contributed by atoms with Crippen LogP contribution in [-0.2, 0) is 11.2 Å². The van der Waals surface area contributed by atoms with E-state index in [9.17, 15) is 4.79 Å². The molecular formula is C18H28N2O. The van der Waals surface area contributed by atoms with E-state index in [0.29, 0.717) is 24.3 Å². The molecule has 0 aromatic heterocycles. The predicted octanol–water partition coefficient (Wildman–Crippen LogP) is 3.53. The number of carbonyl (C=O) groups is 1. The minimum absolute atomic E-state index is 0.163. The van der Waals surface area contributed by atoms with Crippen LogP contribution in [0.15, 0.2) is 24.3 Å². The van der Waals surface area contributed by atoms with Crippen LogP contribution < -0.4 is 11.1 Å². The molecule has 21 heavy (non-hydrogen) atoms. The molecule has 3 heteroatoms. The van der Waals surface area contributed by atoms with Crippen molar-refractivity contribution in [2.24, 2.45) is 11.8 Å². The standard InChI is InChI=1S/C18H28N2O/c1-13(2)15-8-4-6-10-17(15)20-18(21)12-11-14-7-3-5-9-16(14)19/h3,5,7,9,13,15,17H,4,6,8,10-12,19H2,1-2H3,(H,20,21). The largest absolute Gasteiger partial charge is 0.399 e. The van der Waals surface area contributed by atoms with E-state index in [1.807, 2.05) is 24.3 Å². The summed E-state index contributed by atoms with van der Waals surface area (Å²) in [6.07, 6.45) is 6.15. The number of amides is 1. The lowest BCUT2D eigenvalue weighted by Crippen LogP contribution is -2.44. The van der Waals surface area contributed by atoms with Crippen molar-refractivity contribution < 1.29 is 4.79 Å². The van der Waals surface area contributed by atoms with Crippen molar-refractivity contribution in [3.63, 3.8) is 0 Å². The number of aryl methyl sites for hydroxylation is 1. The summed E-state index contributed by atoms with van der Waals surface area (Å²) in [5.74, 6) is 1.43. The summed E-state index contributed by atoms with van der Waals surface area (Å²) < 4.78 is 0. The number of nitrogen functional groups attached to an aromatic ring is 1. The number of hydrogen-bond donors (Lipinski definition) is 2. The summed E-state index contributed by atoms with van der Waals surface area (Å²) in [5.41, 5.74) is 7.77. The fourth-order valence-electron chi connectivity index (χ4n) is 3.43. The summed E-state index contributed by atoms with van der Waals surface area (Å²) >= 11 is 0. The van der Waals surface area contributed by atoms with Crippen molar-refractivity contribution in [2.75, 3.05) is 5.73 Å². The van der Waals surface area contributed by atoms with E-state index in [4.69, 9.17) is 5.73 Å². The molecule has 1 amide bonds. The highest BCUT2D eigenvalue weighted by Crippen LogP contribution is 2.30. The smallest absolute Gasteiger partial charge is 0.220 e. The Balaban J connectivity index is 1.85. The lowest BCUT2D eigenvalue weighted by atomic mass is 9.78. The van der Waals surface area contributed by atoms with Crippen molar-refractivity contribution in [3.05, 3.63) is 29.8 Å². The number of hydrogen-bond acceptors (Lipinski definition) is 2. The van der Waals surface area contributed by atoms with Gasteiger partial charge < -0.3 is 11.1 Å². The van der Waals surface area contributed by atoms with Gasteiger partial charge in [-0.1, -0.05) is 44.9 Å². The molecule has 1 aliphatic rings. The summed E-state index contributed by atoms with van der Waals surface area (Å²) in [6.45, 7) is 4.53. The first kappa shape index (κ1) is 15.9. The van der Waals surface area contributed by atoms with E-state index in [1.165, 1.54) is 19.3 Å². The Hall–Kier alpha value is -1.51. The van der Waals surface area contributed by atoms with E-state index in [2.05, 4.69) is 19.2 Å². The zero-order chi connectivity index (χ0) is 15.2. The van der Waals surface area contributed by atoms with Gasteiger partial charge in [-0.25, -0.2) is 0 Å². The molecule has 0 saturated heterocycles. The maximum absolute atomic E-state index is 12.2. The van der Waals surface area contributed by atoms with E-state index >= 15 is 0 Å². The number of nitrogens with two attached hydrogens (primary N) is 1. The Morgan fingerprint density at radius 1 is 1.29 bits per heavy atom. The molecule has 3 N–H and O–H groups in total. The zero-order valence-corrected chi connectivity index (χ0v) is 13.3. The Bertz CT molecular complexity index is 470. The fourth-order valence-corrected chi connectivity index (χ4v) is 3.43. The van der Waals surface area contributed by atoms with E-state index in [0.717, 1.165) is 24.1 Å². The number of anilines is 1. The topological polar surface area (TPSA) is 55.1 Å². The average molecular weight is 288 g/mol. The lowest BCUT2D eigenvalue weighted by Gasteiger charge is -2.35. The van der Waals surface area contributed by atoms with Crippen molar-refractivity contribution in [2.45, 2.75) is 58.4 Å². The highest BCUT2D eigenvalue weighted by Gasteiger charge is 2.28. The zero-order valence-electron chi connectivity index (χ0n) is 13.3. The Morgan fingerprint density at radius 2 is 2.00 bits per heavy atom. The van der Waals surface area contributed by atoms with E-state index in [-0.39, 0.29) is 5.91 Å². The molecule has 116 valence electrons. The molecule has 0 aliphatic heterocycles. The summed E-state index contributed by atoms with van der Waals surface area (Å²) in [7, 11) is 0. The first-order valence-electron chi connectivity index (χ1n) is 8.20. The third-order valence-electron chi connectivity index (χ3n) is 4.70. The van der Waals surface area contributed by atoms with Gasteiger partial charge in [-0.3, -0.25) is 4.79 Å². The van der Waals surface area contributed by atoms with Gasteiger partial charge in [-0.05, 0) is 42.7 Å². The van der Waals surface area contributed by atoms with Gasteiger partial charge in [0, 0.05) is 18.2 Å². The first-order valence-corrected chi connectivity index (χ1v) is 8.20. The monoisotopic (exact) mass is 288 g/mol. The highest BCUT2D eigenvalue weighted by molar-refractivity contribution is 5.76. The van der Waals surface area contributed by atoms with E-state index < -0.39 is 0 Å². The Labute approximate surface area is 128 Å². The SMILES string of the molecule is CC(C)C1CCCCC1NC(=O)CCc1ccccc1N. The van der Waals surface area contributed by atoms with Crippen LogP contribution in [0.25, 0.3) is 0 Å². The second kappa shape index (κ2) is 7.48. The second-order valence-corrected chi connectivity index (χ2v) is 6.57. The molecule has 1 saturated carbocycles. The van der Waals surface area contributed by atoms with Crippen LogP contribution in [0.2, 0.25) is 0 Å². The van der Waals surface area contributed by atoms with E-state index in [1.54, 1.807) is 0 Å². The molecule has 1 aromatic rings. The first-order chi connectivity index (χ1) is 10.1. The van der Waals surface area contributed by atoms with Crippen LogP contribution in [0.1, 0.15) is 51.5 Å². The molecule has 1 fully saturated rings. The minimum atomic E-state index is 0.163. The van der Waals surface area contributed by atoms with Crippen LogP contribution in [0.4, 0.5) is 5.69 Å². The van der Waals surface area contributed by atoms with Gasteiger partial charge in [0.25, 0.3) is 0 Å². The van der Waals surface area contributed by atoms with Gasteiger partial charge in [-0.15, -0.1) is 0 Å². The van der Waals surface area contributed by atoms with Gasteiger partial charge in [-0.2, -0.15) is 0 Å². The van der Waals surface area contributed by atoms with Crippen LogP contribution in [0.5, 0.6) is 0 Å². The number of nitrogens with one attached hydrogen (secondary N) is 1. The minimum Gasteiger partial charge on any atom is -0.399 e. The molecule has 3 nitrogen and oxygen atoms in total. The average Bonchev–Trinajstić information content (AvgIpc) is 2.47.